The molecule has 19 heavy (non-hydrogen) atoms. The maximum Gasteiger partial charge on any atom is 0.248 e. The number of ether oxygens (including phenoxy) is 1. The molecule has 1 unspecified atom stereocenters. The van der Waals surface area contributed by atoms with E-state index in [1.54, 1.807) is 7.11 Å². The van der Waals surface area contributed by atoms with E-state index in [1.807, 2.05) is 29.3 Å². The molecule has 2 rings (SSSR count). The van der Waals surface area contributed by atoms with Gasteiger partial charge in [-0.1, -0.05) is 6.07 Å². The summed E-state index contributed by atoms with van der Waals surface area (Å²) < 4.78 is 4.89. The predicted molar refractivity (Wildman–Crippen MR) is 72.7 cm³/mol. The fourth-order valence-electron chi connectivity index (χ4n) is 2.38. The van der Waals surface area contributed by atoms with Crippen LogP contribution in [0.15, 0.2) is 24.4 Å². The van der Waals surface area contributed by atoms with E-state index in [0.29, 0.717) is 6.04 Å². The van der Waals surface area contributed by atoms with Gasteiger partial charge in [-0.15, -0.1) is 0 Å². The summed E-state index contributed by atoms with van der Waals surface area (Å²) in [5.41, 5.74) is 1.08. The van der Waals surface area contributed by atoms with Gasteiger partial charge in [0.25, 0.3) is 0 Å². The first-order chi connectivity index (χ1) is 9.22. The molecule has 0 aromatic carbocycles. The molecular weight excluding hydrogens is 242 g/mol. The number of carbonyl (C=O) groups is 1. The topological polar surface area (TPSA) is 45.7 Å². The molecule has 0 spiro atoms. The maximum absolute atomic E-state index is 11.7. The number of pyridine rings is 1. The fourth-order valence-corrected chi connectivity index (χ4v) is 2.38. The zero-order valence-electron chi connectivity index (χ0n) is 11.6. The standard InChI is InChI=1S/C14H21N3O2/c1-12(13-5-3-4-6-15-13)16-7-9-17(10-8-16)14(18)11-19-2/h3-6,12H,7-11H2,1-2H3. The molecule has 0 saturated carbocycles. The Morgan fingerprint density at radius 3 is 2.68 bits per heavy atom. The Kier molecular flexibility index (Phi) is 4.87. The molecule has 5 nitrogen and oxygen atoms in total. The summed E-state index contributed by atoms with van der Waals surface area (Å²) in [5, 5.41) is 0. The average molecular weight is 263 g/mol. The first-order valence-corrected chi connectivity index (χ1v) is 6.64. The number of piperazine rings is 1. The Bertz CT molecular complexity index is 402. The predicted octanol–water partition coefficient (Wildman–Crippen LogP) is 0.933. The number of hydrogen-bond donors (Lipinski definition) is 0. The highest BCUT2D eigenvalue weighted by Gasteiger charge is 2.24. The number of rotatable bonds is 4. The van der Waals surface area contributed by atoms with Crippen molar-refractivity contribution in [1.29, 1.82) is 0 Å². The van der Waals surface area contributed by atoms with Gasteiger partial charge >= 0.3 is 0 Å². The molecule has 1 fully saturated rings. The molecule has 1 aliphatic rings. The average Bonchev–Trinajstić information content (AvgIpc) is 2.48. The highest BCUT2D eigenvalue weighted by molar-refractivity contribution is 5.77. The minimum Gasteiger partial charge on any atom is -0.375 e. The summed E-state index contributed by atoms with van der Waals surface area (Å²) in [5.74, 6) is 0.0765. The number of amides is 1. The highest BCUT2D eigenvalue weighted by atomic mass is 16.5. The van der Waals surface area contributed by atoms with Crippen LogP contribution in [0.1, 0.15) is 18.7 Å². The van der Waals surface area contributed by atoms with Crippen molar-refractivity contribution in [3.63, 3.8) is 0 Å². The molecule has 1 amide bonds. The number of methoxy groups -OCH3 is 1. The third kappa shape index (κ3) is 3.52. The molecule has 1 saturated heterocycles. The van der Waals surface area contributed by atoms with Gasteiger partial charge in [-0.3, -0.25) is 14.7 Å². The van der Waals surface area contributed by atoms with Gasteiger partial charge in [0.05, 0.1) is 5.69 Å². The minimum absolute atomic E-state index is 0.0765. The zero-order chi connectivity index (χ0) is 13.7. The van der Waals surface area contributed by atoms with Gasteiger partial charge in [-0.2, -0.15) is 0 Å². The Hall–Kier alpha value is -1.46. The first kappa shape index (κ1) is 14.0. The van der Waals surface area contributed by atoms with Gasteiger partial charge in [0.1, 0.15) is 6.61 Å². The summed E-state index contributed by atoms with van der Waals surface area (Å²) >= 11 is 0. The molecule has 1 aliphatic heterocycles. The molecule has 104 valence electrons. The van der Waals surface area contributed by atoms with Crippen LogP contribution < -0.4 is 0 Å². The van der Waals surface area contributed by atoms with E-state index >= 15 is 0 Å². The van der Waals surface area contributed by atoms with Crippen LogP contribution in [0.2, 0.25) is 0 Å². The summed E-state index contributed by atoms with van der Waals surface area (Å²) in [6.07, 6.45) is 1.82. The zero-order valence-corrected chi connectivity index (χ0v) is 11.6. The number of carbonyl (C=O) groups excluding carboxylic acids is 1. The van der Waals surface area contributed by atoms with Crippen LogP contribution in [0.5, 0.6) is 0 Å². The van der Waals surface area contributed by atoms with Crippen molar-refractivity contribution in [3.05, 3.63) is 30.1 Å². The van der Waals surface area contributed by atoms with Crippen molar-refractivity contribution in [3.8, 4) is 0 Å². The number of hydrogen-bond acceptors (Lipinski definition) is 4. The van der Waals surface area contributed by atoms with Gasteiger partial charge in [-0.05, 0) is 19.1 Å². The van der Waals surface area contributed by atoms with Crippen molar-refractivity contribution in [2.75, 3.05) is 39.9 Å². The molecule has 0 radical (unpaired) electrons. The normalized spacial score (nSPS) is 18.3. The lowest BCUT2D eigenvalue weighted by Gasteiger charge is -2.37. The van der Waals surface area contributed by atoms with Crippen molar-refractivity contribution in [2.24, 2.45) is 0 Å². The van der Waals surface area contributed by atoms with Crippen LogP contribution in [0, 0.1) is 0 Å². The van der Waals surface area contributed by atoms with E-state index in [1.165, 1.54) is 0 Å². The Morgan fingerprint density at radius 2 is 2.11 bits per heavy atom. The molecule has 1 aromatic rings. The molecule has 2 heterocycles. The van der Waals surface area contributed by atoms with Gasteiger partial charge in [0, 0.05) is 45.5 Å². The van der Waals surface area contributed by atoms with Gasteiger partial charge in [0.15, 0.2) is 0 Å². The Balaban J connectivity index is 1.88. The van der Waals surface area contributed by atoms with Crippen LogP contribution in [0.4, 0.5) is 0 Å². The van der Waals surface area contributed by atoms with E-state index in [2.05, 4.69) is 16.8 Å². The smallest absolute Gasteiger partial charge is 0.248 e. The summed E-state index contributed by atoms with van der Waals surface area (Å²) in [4.78, 5) is 20.3. The van der Waals surface area contributed by atoms with Crippen LogP contribution in [0.25, 0.3) is 0 Å². The summed E-state index contributed by atoms with van der Waals surface area (Å²) in [6, 6.07) is 6.28. The molecule has 5 heteroatoms. The molecule has 0 aliphatic carbocycles. The van der Waals surface area contributed by atoms with Crippen LogP contribution in [0.3, 0.4) is 0 Å². The Labute approximate surface area is 114 Å². The van der Waals surface area contributed by atoms with Crippen molar-refractivity contribution >= 4 is 5.91 Å². The Morgan fingerprint density at radius 1 is 1.37 bits per heavy atom. The largest absolute Gasteiger partial charge is 0.375 e. The SMILES string of the molecule is COCC(=O)N1CCN(C(C)c2ccccn2)CC1. The highest BCUT2D eigenvalue weighted by Crippen LogP contribution is 2.19. The second-order valence-corrected chi connectivity index (χ2v) is 4.78. The minimum atomic E-state index is 0.0765. The van der Waals surface area contributed by atoms with E-state index in [0.717, 1.165) is 31.9 Å². The van der Waals surface area contributed by atoms with E-state index < -0.39 is 0 Å². The quantitative estimate of drug-likeness (QED) is 0.811. The van der Waals surface area contributed by atoms with Crippen molar-refractivity contribution in [1.82, 2.24) is 14.8 Å². The van der Waals surface area contributed by atoms with E-state index in [-0.39, 0.29) is 12.5 Å². The third-order valence-corrected chi connectivity index (χ3v) is 3.60. The summed E-state index contributed by atoms with van der Waals surface area (Å²) in [6.45, 7) is 5.63. The van der Waals surface area contributed by atoms with Gasteiger partial charge in [-0.25, -0.2) is 0 Å². The molecule has 0 bridgehead atoms. The van der Waals surface area contributed by atoms with Crippen molar-refractivity contribution < 1.29 is 9.53 Å². The second kappa shape index (κ2) is 6.63. The fraction of sp³-hybridized carbons (Fsp3) is 0.571. The first-order valence-electron chi connectivity index (χ1n) is 6.64. The lowest BCUT2D eigenvalue weighted by Crippen LogP contribution is -2.50. The second-order valence-electron chi connectivity index (χ2n) is 4.78. The summed E-state index contributed by atoms with van der Waals surface area (Å²) in [7, 11) is 1.55. The van der Waals surface area contributed by atoms with Crippen LogP contribution in [-0.2, 0) is 9.53 Å². The van der Waals surface area contributed by atoms with E-state index in [9.17, 15) is 4.79 Å². The monoisotopic (exact) mass is 263 g/mol. The maximum atomic E-state index is 11.7. The van der Waals surface area contributed by atoms with Gasteiger partial charge < -0.3 is 9.64 Å². The van der Waals surface area contributed by atoms with Crippen molar-refractivity contribution in [2.45, 2.75) is 13.0 Å². The molecule has 0 N–H and O–H groups in total. The number of nitrogens with zero attached hydrogens (tertiary/aromatic N) is 3. The molecule has 1 aromatic heterocycles. The van der Waals surface area contributed by atoms with Crippen LogP contribution >= 0.6 is 0 Å². The lowest BCUT2D eigenvalue weighted by molar-refractivity contribution is -0.137. The lowest BCUT2D eigenvalue weighted by atomic mass is 10.1. The van der Waals surface area contributed by atoms with Gasteiger partial charge in [0.2, 0.25) is 5.91 Å². The third-order valence-electron chi connectivity index (χ3n) is 3.60. The number of aromatic nitrogens is 1. The van der Waals surface area contributed by atoms with Crippen LogP contribution in [-0.4, -0.2) is 60.6 Å². The van der Waals surface area contributed by atoms with E-state index in [4.69, 9.17) is 4.74 Å². The molecule has 1 atom stereocenters. The molecular formula is C14H21N3O2.